The second kappa shape index (κ2) is 6.54. The van der Waals surface area contributed by atoms with Crippen molar-refractivity contribution in [3.05, 3.63) is 52.7 Å². The molecule has 21 heavy (non-hydrogen) atoms. The summed E-state index contributed by atoms with van der Waals surface area (Å²) in [5.41, 5.74) is 5.85. The van der Waals surface area contributed by atoms with Gasteiger partial charge in [-0.3, -0.25) is 15.4 Å². The number of halogens is 1. The Labute approximate surface area is 124 Å². The summed E-state index contributed by atoms with van der Waals surface area (Å²) in [6.45, 7) is 0. The molecule has 5 nitrogen and oxygen atoms in total. The van der Waals surface area contributed by atoms with E-state index in [-0.39, 0.29) is 11.4 Å². The first-order chi connectivity index (χ1) is 10.1. The van der Waals surface area contributed by atoms with Gasteiger partial charge >= 0.3 is 6.03 Å². The highest BCUT2D eigenvalue weighted by molar-refractivity contribution is 7.14. The number of hydrogen-bond donors (Lipinski definition) is 3. The van der Waals surface area contributed by atoms with E-state index < -0.39 is 11.9 Å². The summed E-state index contributed by atoms with van der Waals surface area (Å²) in [6, 6.07) is 8.83. The van der Waals surface area contributed by atoms with Gasteiger partial charge in [0.05, 0.1) is 5.56 Å². The predicted octanol–water partition coefficient (Wildman–Crippen LogP) is 2.12. The Kier molecular flexibility index (Phi) is 4.53. The van der Waals surface area contributed by atoms with Crippen LogP contribution in [0, 0.1) is 17.8 Å². The van der Waals surface area contributed by atoms with Gasteiger partial charge in [0.15, 0.2) is 0 Å². The average molecular weight is 303 g/mol. The Morgan fingerprint density at radius 3 is 2.57 bits per heavy atom. The van der Waals surface area contributed by atoms with Crippen LogP contribution in [0.25, 0.3) is 0 Å². The number of primary amides is 1. The molecule has 1 aromatic carbocycles. The maximum Gasteiger partial charge on any atom is 0.317 e. The van der Waals surface area contributed by atoms with Gasteiger partial charge in [0.2, 0.25) is 0 Å². The van der Waals surface area contributed by atoms with Gasteiger partial charge in [0, 0.05) is 11.6 Å². The number of thiophene rings is 1. The molecule has 2 aromatic rings. The Hall–Kier alpha value is -2.85. The number of benzene rings is 1. The standard InChI is InChI=1S/C14H10FN3O2S/c15-10-3-1-9(2-4-10)5-7-17-12(19)11-6-8-21-13(11)18-14(16)20/h1-4,6,8H,(H,17,19)(H3,16,18,20). The second-order valence-electron chi connectivity index (χ2n) is 3.86. The van der Waals surface area contributed by atoms with Crippen molar-refractivity contribution in [3.63, 3.8) is 0 Å². The van der Waals surface area contributed by atoms with Gasteiger partial charge in [0.25, 0.3) is 5.91 Å². The number of anilines is 1. The fourth-order valence-corrected chi connectivity index (χ4v) is 2.24. The second-order valence-corrected chi connectivity index (χ2v) is 4.78. The zero-order valence-corrected chi connectivity index (χ0v) is 11.5. The van der Waals surface area contributed by atoms with Crippen LogP contribution in [0.2, 0.25) is 0 Å². The summed E-state index contributed by atoms with van der Waals surface area (Å²) in [7, 11) is 0. The van der Waals surface area contributed by atoms with Gasteiger partial charge in [-0.15, -0.1) is 11.3 Å². The molecule has 4 N–H and O–H groups in total. The van der Waals surface area contributed by atoms with Crippen molar-refractivity contribution in [2.45, 2.75) is 0 Å². The van der Waals surface area contributed by atoms with Gasteiger partial charge in [-0.2, -0.15) is 0 Å². The van der Waals surface area contributed by atoms with E-state index in [1.54, 1.807) is 11.4 Å². The van der Waals surface area contributed by atoms with E-state index in [1.807, 2.05) is 0 Å². The summed E-state index contributed by atoms with van der Waals surface area (Å²) >= 11 is 1.18. The first kappa shape index (κ1) is 14.6. The average Bonchev–Trinajstić information content (AvgIpc) is 2.88. The van der Waals surface area contributed by atoms with E-state index in [4.69, 9.17) is 5.73 Å². The lowest BCUT2D eigenvalue weighted by molar-refractivity contribution is 0.0974. The molecule has 106 valence electrons. The first-order valence-corrected chi connectivity index (χ1v) is 6.65. The molecule has 1 heterocycles. The zero-order valence-electron chi connectivity index (χ0n) is 10.6. The fourth-order valence-electron chi connectivity index (χ4n) is 1.46. The number of rotatable bonds is 2. The molecule has 0 bridgehead atoms. The molecule has 7 heteroatoms. The molecule has 0 unspecified atom stereocenters. The number of hydrogen-bond acceptors (Lipinski definition) is 3. The quantitative estimate of drug-likeness (QED) is 0.586. The van der Waals surface area contributed by atoms with Crippen LogP contribution in [0.3, 0.4) is 0 Å². The molecular formula is C14H10FN3O2S. The van der Waals surface area contributed by atoms with Crippen LogP contribution in [0.1, 0.15) is 15.9 Å². The number of nitrogens with two attached hydrogens (primary N) is 1. The van der Waals surface area contributed by atoms with Gasteiger partial charge in [-0.05, 0) is 41.6 Å². The predicted molar refractivity (Wildman–Crippen MR) is 78.3 cm³/mol. The van der Waals surface area contributed by atoms with Crippen LogP contribution in [-0.2, 0) is 0 Å². The maximum absolute atomic E-state index is 12.7. The largest absolute Gasteiger partial charge is 0.351 e. The van der Waals surface area contributed by atoms with E-state index in [2.05, 4.69) is 22.6 Å². The highest BCUT2D eigenvalue weighted by Gasteiger charge is 2.12. The van der Waals surface area contributed by atoms with E-state index in [1.165, 1.54) is 35.6 Å². The van der Waals surface area contributed by atoms with Crippen molar-refractivity contribution in [1.82, 2.24) is 5.32 Å². The lowest BCUT2D eigenvalue weighted by Gasteiger charge is -2.01. The first-order valence-electron chi connectivity index (χ1n) is 5.77. The van der Waals surface area contributed by atoms with E-state index in [9.17, 15) is 14.0 Å². The van der Waals surface area contributed by atoms with E-state index >= 15 is 0 Å². The van der Waals surface area contributed by atoms with Crippen molar-refractivity contribution in [3.8, 4) is 12.0 Å². The number of urea groups is 1. The minimum atomic E-state index is -0.746. The van der Waals surface area contributed by atoms with Gasteiger partial charge in [-0.1, -0.05) is 0 Å². The van der Waals surface area contributed by atoms with Crippen LogP contribution >= 0.6 is 11.3 Å². The van der Waals surface area contributed by atoms with Crippen molar-refractivity contribution >= 4 is 28.3 Å². The van der Waals surface area contributed by atoms with Crippen LogP contribution in [0.5, 0.6) is 0 Å². The van der Waals surface area contributed by atoms with Crippen LogP contribution in [0.4, 0.5) is 14.2 Å². The number of amides is 3. The normalized spacial score (nSPS) is 9.38. The molecule has 1 aromatic heterocycles. The SMILES string of the molecule is NC(=O)Nc1sccc1C(=O)NC#Cc1ccc(F)cc1. The maximum atomic E-state index is 12.7. The molecule has 0 saturated heterocycles. The summed E-state index contributed by atoms with van der Waals surface area (Å²) < 4.78 is 12.7. The Bertz CT molecular complexity index is 729. The molecule has 0 aliphatic heterocycles. The molecule has 0 atom stereocenters. The fraction of sp³-hybridized carbons (Fsp3) is 0. The lowest BCUT2D eigenvalue weighted by atomic mass is 10.2. The molecule has 0 fully saturated rings. The van der Waals surface area contributed by atoms with Crippen molar-refractivity contribution in [1.29, 1.82) is 0 Å². The smallest absolute Gasteiger partial charge is 0.317 e. The molecular weight excluding hydrogens is 293 g/mol. The summed E-state index contributed by atoms with van der Waals surface area (Å²) in [4.78, 5) is 22.7. The molecule has 2 rings (SSSR count). The minimum Gasteiger partial charge on any atom is -0.351 e. The number of nitrogens with one attached hydrogen (secondary N) is 2. The topological polar surface area (TPSA) is 84.2 Å². The van der Waals surface area contributed by atoms with Gasteiger partial charge in [0.1, 0.15) is 10.8 Å². The minimum absolute atomic E-state index is 0.271. The molecule has 3 amide bonds. The third-order valence-electron chi connectivity index (χ3n) is 2.37. The van der Waals surface area contributed by atoms with Crippen molar-refractivity contribution < 1.29 is 14.0 Å². The summed E-state index contributed by atoms with van der Waals surface area (Å²) in [5.74, 6) is 1.85. The molecule has 0 aliphatic carbocycles. The molecule has 0 saturated carbocycles. The van der Waals surface area contributed by atoms with Crippen molar-refractivity contribution in [2.24, 2.45) is 5.73 Å². The monoisotopic (exact) mass is 303 g/mol. The number of carbonyl (C=O) groups is 2. The highest BCUT2D eigenvalue weighted by atomic mass is 32.1. The highest BCUT2D eigenvalue weighted by Crippen LogP contribution is 2.22. The Morgan fingerprint density at radius 2 is 1.90 bits per heavy atom. The van der Waals surface area contributed by atoms with Crippen LogP contribution < -0.4 is 16.4 Å². The van der Waals surface area contributed by atoms with Crippen molar-refractivity contribution in [2.75, 3.05) is 5.32 Å². The Balaban J connectivity index is 2.04. The summed E-state index contributed by atoms with van der Waals surface area (Å²) in [6.07, 6.45) is 0. The van der Waals surface area contributed by atoms with Gasteiger partial charge < -0.3 is 5.73 Å². The molecule has 0 radical (unpaired) electrons. The summed E-state index contributed by atoms with van der Waals surface area (Å²) in [5, 5.41) is 6.73. The third-order valence-corrected chi connectivity index (χ3v) is 3.20. The lowest BCUT2D eigenvalue weighted by Crippen LogP contribution is -2.22. The molecule has 0 spiro atoms. The van der Waals surface area contributed by atoms with E-state index in [0.29, 0.717) is 10.6 Å². The number of carbonyl (C=O) groups excluding carboxylic acids is 2. The van der Waals surface area contributed by atoms with Crippen LogP contribution in [0.15, 0.2) is 35.7 Å². The zero-order chi connectivity index (χ0) is 15.2. The Morgan fingerprint density at radius 1 is 1.19 bits per heavy atom. The van der Waals surface area contributed by atoms with Crippen LogP contribution in [-0.4, -0.2) is 11.9 Å². The molecule has 0 aliphatic rings. The van der Waals surface area contributed by atoms with E-state index in [0.717, 1.165) is 0 Å². The van der Waals surface area contributed by atoms with Gasteiger partial charge in [-0.25, -0.2) is 9.18 Å². The third kappa shape index (κ3) is 4.06.